The van der Waals surface area contributed by atoms with E-state index in [2.05, 4.69) is 11.4 Å². The molecule has 2 amide bonds. The van der Waals surface area contributed by atoms with Gasteiger partial charge in [-0.3, -0.25) is 9.59 Å². The number of nitrogens with two attached hydrogens (primary N) is 1. The Morgan fingerprint density at radius 3 is 2.60 bits per heavy atom. The van der Waals surface area contributed by atoms with E-state index in [-0.39, 0.29) is 18.4 Å². The van der Waals surface area contributed by atoms with Crippen molar-refractivity contribution < 1.29 is 14.3 Å². The van der Waals surface area contributed by atoms with Crippen LogP contribution in [-0.4, -0.2) is 24.5 Å². The molecule has 0 saturated carbocycles. The molecule has 2 aromatic rings. The van der Waals surface area contributed by atoms with E-state index in [4.69, 9.17) is 10.5 Å². The van der Waals surface area contributed by atoms with Gasteiger partial charge in [-0.15, -0.1) is 0 Å². The molecule has 1 heterocycles. The van der Waals surface area contributed by atoms with E-state index in [0.29, 0.717) is 13.0 Å². The zero-order valence-electron chi connectivity index (χ0n) is 14.0. The van der Waals surface area contributed by atoms with E-state index in [0.717, 1.165) is 17.5 Å². The summed E-state index contributed by atoms with van der Waals surface area (Å²) < 4.78 is 5.76. The molecule has 5 heteroatoms. The number of hydrogen-bond donors (Lipinski definition) is 2. The topological polar surface area (TPSA) is 81.4 Å². The first kappa shape index (κ1) is 17.2. The van der Waals surface area contributed by atoms with Crippen LogP contribution in [0.3, 0.4) is 0 Å². The zero-order valence-corrected chi connectivity index (χ0v) is 14.0. The Labute approximate surface area is 147 Å². The lowest BCUT2D eigenvalue weighted by Crippen LogP contribution is -2.46. The van der Waals surface area contributed by atoms with Gasteiger partial charge in [-0.05, 0) is 23.1 Å². The molecule has 1 aliphatic heterocycles. The van der Waals surface area contributed by atoms with Crippen LogP contribution in [0.2, 0.25) is 0 Å². The smallest absolute Gasteiger partial charge is 0.240 e. The van der Waals surface area contributed by atoms with Crippen molar-refractivity contribution in [2.75, 3.05) is 6.61 Å². The van der Waals surface area contributed by atoms with Crippen LogP contribution in [0.4, 0.5) is 0 Å². The lowest BCUT2D eigenvalue weighted by molar-refractivity contribution is -0.129. The molecule has 5 nitrogen and oxygen atoms in total. The zero-order chi connectivity index (χ0) is 17.6. The lowest BCUT2D eigenvalue weighted by Gasteiger charge is -2.26. The van der Waals surface area contributed by atoms with Crippen molar-refractivity contribution >= 4 is 11.8 Å². The highest BCUT2D eigenvalue weighted by molar-refractivity contribution is 5.87. The van der Waals surface area contributed by atoms with E-state index < -0.39 is 11.9 Å². The maximum absolute atomic E-state index is 12.4. The van der Waals surface area contributed by atoms with Crippen LogP contribution in [-0.2, 0) is 27.2 Å². The third kappa shape index (κ3) is 4.45. The fraction of sp³-hybridized carbons (Fsp3) is 0.300. The molecule has 0 spiro atoms. The predicted octanol–water partition coefficient (Wildman–Crippen LogP) is 1.90. The van der Waals surface area contributed by atoms with Crippen molar-refractivity contribution in [3.8, 4) is 0 Å². The summed E-state index contributed by atoms with van der Waals surface area (Å²) in [6.07, 6.45) is 1.13. The van der Waals surface area contributed by atoms with Crippen LogP contribution < -0.4 is 11.1 Å². The van der Waals surface area contributed by atoms with Gasteiger partial charge in [-0.1, -0.05) is 54.6 Å². The number of carbonyl (C=O) groups excluding carboxylic acids is 2. The minimum atomic E-state index is -0.728. The van der Waals surface area contributed by atoms with Crippen LogP contribution in [0.15, 0.2) is 54.6 Å². The van der Waals surface area contributed by atoms with Crippen molar-refractivity contribution in [2.45, 2.75) is 31.4 Å². The summed E-state index contributed by atoms with van der Waals surface area (Å²) >= 11 is 0. The maximum Gasteiger partial charge on any atom is 0.240 e. The maximum atomic E-state index is 12.4. The number of fused-ring (bicyclic) bond motifs is 1. The van der Waals surface area contributed by atoms with Crippen molar-refractivity contribution in [2.24, 2.45) is 5.73 Å². The molecule has 3 rings (SSSR count). The molecule has 0 saturated heterocycles. The monoisotopic (exact) mass is 338 g/mol. The standard InChI is InChI=1S/C20H22N2O3/c21-20(24)17(12-14-6-2-1-3-7-14)22-19(23)13-18-16-9-5-4-8-15(16)10-11-25-18/h1-9,17-18H,10-13H2,(H2,21,24)(H,22,23)/t17-,18+/m1/s1. The van der Waals surface area contributed by atoms with E-state index in [1.165, 1.54) is 5.56 Å². The Kier molecular flexibility index (Phi) is 5.46. The summed E-state index contributed by atoms with van der Waals surface area (Å²) in [5, 5.41) is 2.75. The van der Waals surface area contributed by atoms with Gasteiger partial charge in [0.25, 0.3) is 0 Å². The number of hydrogen-bond acceptors (Lipinski definition) is 3. The van der Waals surface area contributed by atoms with Gasteiger partial charge < -0.3 is 15.8 Å². The molecule has 0 aromatic heterocycles. The van der Waals surface area contributed by atoms with Gasteiger partial charge in [0, 0.05) is 6.42 Å². The molecule has 0 bridgehead atoms. The van der Waals surface area contributed by atoms with Gasteiger partial charge in [0.15, 0.2) is 0 Å². The van der Waals surface area contributed by atoms with E-state index in [9.17, 15) is 9.59 Å². The minimum Gasteiger partial charge on any atom is -0.373 e. The Hall–Kier alpha value is -2.66. The molecular formula is C20H22N2O3. The van der Waals surface area contributed by atoms with Crippen molar-refractivity contribution in [3.05, 3.63) is 71.3 Å². The normalized spacial score (nSPS) is 17.4. The van der Waals surface area contributed by atoms with E-state index >= 15 is 0 Å². The van der Waals surface area contributed by atoms with Crippen LogP contribution in [0, 0.1) is 0 Å². The highest BCUT2D eigenvalue weighted by atomic mass is 16.5. The molecule has 2 aromatic carbocycles. The predicted molar refractivity (Wildman–Crippen MR) is 94.7 cm³/mol. The molecule has 130 valence electrons. The second kappa shape index (κ2) is 7.94. The van der Waals surface area contributed by atoms with Gasteiger partial charge >= 0.3 is 0 Å². The fourth-order valence-corrected chi connectivity index (χ4v) is 3.14. The Bertz CT molecular complexity index is 746. The number of nitrogens with one attached hydrogen (secondary N) is 1. The third-order valence-electron chi connectivity index (χ3n) is 4.42. The molecule has 0 radical (unpaired) electrons. The lowest BCUT2D eigenvalue weighted by atomic mass is 9.95. The molecule has 0 fully saturated rings. The summed E-state index contributed by atoms with van der Waals surface area (Å²) in [5.41, 5.74) is 8.66. The second-order valence-electron chi connectivity index (χ2n) is 6.22. The first-order valence-corrected chi connectivity index (χ1v) is 8.45. The summed E-state index contributed by atoms with van der Waals surface area (Å²) in [5.74, 6) is -0.774. The second-order valence-corrected chi connectivity index (χ2v) is 6.22. The summed E-state index contributed by atoms with van der Waals surface area (Å²) in [4.78, 5) is 24.1. The first-order valence-electron chi connectivity index (χ1n) is 8.45. The molecule has 25 heavy (non-hydrogen) atoms. The number of rotatable bonds is 6. The minimum absolute atomic E-state index is 0.176. The molecule has 3 N–H and O–H groups in total. The average molecular weight is 338 g/mol. The van der Waals surface area contributed by atoms with Crippen LogP contribution >= 0.6 is 0 Å². The summed E-state index contributed by atoms with van der Waals surface area (Å²) in [6.45, 7) is 0.595. The van der Waals surface area contributed by atoms with E-state index in [1.807, 2.05) is 48.5 Å². The van der Waals surface area contributed by atoms with Crippen LogP contribution in [0.25, 0.3) is 0 Å². The van der Waals surface area contributed by atoms with Crippen molar-refractivity contribution in [3.63, 3.8) is 0 Å². The fourth-order valence-electron chi connectivity index (χ4n) is 3.14. The van der Waals surface area contributed by atoms with Gasteiger partial charge in [-0.2, -0.15) is 0 Å². The molecule has 0 unspecified atom stereocenters. The Morgan fingerprint density at radius 2 is 1.84 bits per heavy atom. The number of ether oxygens (including phenoxy) is 1. The molecule has 1 aliphatic rings. The average Bonchev–Trinajstić information content (AvgIpc) is 2.62. The number of benzene rings is 2. The summed E-state index contributed by atoms with van der Waals surface area (Å²) in [7, 11) is 0. The SMILES string of the molecule is NC(=O)[C@@H](Cc1ccccc1)NC(=O)C[C@@H]1OCCc2ccccc21. The first-order chi connectivity index (χ1) is 12.1. The molecular weight excluding hydrogens is 316 g/mol. The number of primary amides is 1. The quantitative estimate of drug-likeness (QED) is 0.844. The van der Waals surface area contributed by atoms with Gasteiger partial charge in [-0.25, -0.2) is 0 Å². The van der Waals surface area contributed by atoms with E-state index in [1.54, 1.807) is 0 Å². The van der Waals surface area contributed by atoms with Crippen LogP contribution in [0.5, 0.6) is 0 Å². The molecule has 0 aliphatic carbocycles. The van der Waals surface area contributed by atoms with Crippen molar-refractivity contribution in [1.82, 2.24) is 5.32 Å². The highest BCUT2D eigenvalue weighted by Gasteiger charge is 2.25. The van der Waals surface area contributed by atoms with Crippen molar-refractivity contribution in [1.29, 1.82) is 0 Å². The van der Waals surface area contributed by atoms with Gasteiger partial charge in [0.1, 0.15) is 6.04 Å². The van der Waals surface area contributed by atoms with Crippen LogP contribution in [0.1, 0.15) is 29.2 Å². The van der Waals surface area contributed by atoms with Gasteiger partial charge in [0.05, 0.1) is 19.1 Å². The number of amides is 2. The Balaban J connectivity index is 1.64. The largest absolute Gasteiger partial charge is 0.373 e. The van der Waals surface area contributed by atoms with Gasteiger partial charge in [0.2, 0.25) is 11.8 Å². The molecule has 2 atom stereocenters. The summed E-state index contributed by atoms with van der Waals surface area (Å²) in [6, 6.07) is 16.7. The highest BCUT2D eigenvalue weighted by Crippen LogP contribution is 2.29. The Morgan fingerprint density at radius 1 is 1.12 bits per heavy atom. The number of carbonyl (C=O) groups is 2. The third-order valence-corrected chi connectivity index (χ3v) is 4.42.